The van der Waals surface area contributed by atoms with Gasteiger partial charge >= 0.3 is 0 Å². The minimum Gasteiger partial charge on any atom is -0.256 e. The molecule has 0 aliphatic carbocycles. The fourth-order valence-electron chi connectivity index (χ4n) is 3.98. The van der Waals surface area contributed by atoms with Crippen LogP contribution in [0.2, 0.25) is 0 Å². The molecule has 0 fully saturated rings. The summed E-state index contributed by atoms with van der Waals surface area (Å²) in [6, 6.07) is 12.8. The van der Waals surface area contributed by atoms with Gasteiger partial charge in [-0.3, -0.25) is 4.98 Å². The molecule has 0 saturated heterocycles. The van der Waals surface area contributed by atoms with Gasteiger partial charge in [-0.25, -0.2) is 9.97 Å². The van der Waals surface area contributed by atoms with E-state index in [0.29, 0.717) is 0 Å². The maximum atomic E-state index is 4.70. The predicted octanol–water partition coefficient (Wildman–Crippen LogP) is 8.09. The van der Waals surface area contributed by atoms with Crippen LogP contribution in [0, 0.1) is 5.92 Å². The molecule has 0 saturated carbocycles. The van der Waals surface area contributed by atoms with Gasteiger partial charge < -0.3 is 0 Å². The second kappa shape index (κ2) is 13.1. The average Bonchev–Trinajstić information content (AvgIpc) is 2.82. The van der Waals surface area contributed by atoms with Gasteiger partial charge in [0.05, 0.1) is 5.69 Å². The van der Waals surface area contributed by atoms with Crippen LogP contribution in [0.25, 0.3) is 22.6 Å². The van der Waals surface area contributed by atoms with E-state index >= 15 is 0 Å². The molecule has 2 aromatic heterocycles. The summed E-state index contributed by atoms with van der Waals surface area (Å²) in [6.07, 6.45) is 18.5. The largest absolute Gasteiger partial charge is 0.256 e. The summed E-state index contributed by atoms with van der Waals surface area (Å²) in [7, 11) is 0. The molecule has 170 valence electrons. The average molecular weight is 430 g/mol. The van der Waals surface area contributed by atoms with Gasteiger partial charge in [0, 0.05) is 29.7 Å². The molecule has 0 aliphatic rings. The van der Waals surface area contributed by atoms with Gasteiger partial charge in [0.2, 0.25) is 0 Å². The van der Waals surface area contributed by atoms with Crippen molar-refractivity contribution in [3.8, 4) is 22.6 Å². The smallest absolute Gasteiger partial charge is 0.159 e. The highest BCUT2D eigenvalue weighted by atomic mass is 14.9. The normalized spacial score (nSPS) is 11.2. The van der Waals surface area contributed by atoms with Gasteiger partial charge in [-0.15, -0.1) is 0 Å². The van der Waals surface area contributed by atoms with Crippen LogP contribution in [-0.4, -0.2) is 15.0 Å². The van der Waals surface area contributed by atoms with Crippen LogP contribution in [0.4, 0.5) is 0 Å². The molecular formula is C29H39N3. The Hall–Kier alpha value is -2.55. The lowest BCUT2D eigenvalue weighted by atomic mass is 10.0. The Morgan fingerprint density at radius 2 is 1.25 bits per heavy atom. The Bertz CT molecular complexity index is 897. The van der Waals surface area contributed by atoms with Gasteiger partial charge in [-0.05, 0) is 48.8 Å². The number of aromatic nitrogens is 3. The van der Waals surface area contributed by atoms with Gasteiger partial charge in [0.15, 0.2) is 5.82 Å². The fourth-order valence-corrected chi connectivity index (χ4v) is 3.98. The molecule has 3 rings (SSSR count). The number of benzene rings is 1. The molecule has 0 radical (unpaired) electrons. The van der Waals surface area contributed by atoms with Gasteiger partial charge in [0.1, 0.15) is 0 Å². The van der Waals surface area contributed by atoms with E-state index in [-0.39, 0.29) is 0 Å². The Morgan fingerprint density at radius 3 is 1.88 bits per heavy atom. The third kappa shape index (κ3) is 7.85. The van der Waals surface area contributed by atoms with E-state index in [4.69, 9.17) is 4.98 Å². The van der Waals surface area contributed by atoms with Crippen LogP contribution in [0.15, 0.2) is 55.0 Å². The van der Waals surface area contributed by atoms with E-state index in [1.165, 1.54) is 62.5 Å². The number of unbranched alkanes of at least 4 members (excludes halogenated alkanes) is 5. The SMILES string of the molecule is CCCCCCc1cnc(-c2ccc(-c3ccc(CCCCCC(C)C)cn3)cc2)nc1. The standard InChI is InChI=1S/C29H39N3/c1-4-5-6-9-13-25-21-31-29(32-22-25)27-17-15-26(16-18-27)28-19-14-24(20-30-28)12-10-7-8-11-23(2)3/h14-23H,4-13H2,1-3H3. The molecule has 0 N–H and O–H groups in total. The van der Waals surface area contributed by atoms with E-state index in [1.807, 2.05) is 18.6 Å². The second-order valence-corrected chi connectivity index (χ2v) is 9.35. The van der Waals surface area contributed by atoms with E-state index in [0.717, 1.165) is 41.4 Å². The highest BCUT2D eigenvalue weighted by Gasteiger charge is 2.05. The molecule has 3 nitrogen and oxygen atoms in total. The third-order valence-corrected chi connectivity index (χ3v) is 6.03. The van der Waals surface area contributed by atoms with Crippen molar-refractivity contribution in [2.24, 2.45) is 5.92 Å². The molecule has 2 heterocycles. The van der Waals surface area contributed by atoms with Crippen molar-refractivity contribution in [2.75, 3.05) is 0 Å². The summed E-state index contributed by atoms with van der Waals surface area (Å²) in [5.41, 5.74) is 5.75. The first-order valence-corrected chi connectivity index (χ1v) is 12.5. The Morgan fingerprint density at radius 1 is 0.625 bits per heavy atom. The van der Waals surface area contributed by atoms with Crippen molar-refractivity contribution in [2.45, 2.75) is 85.0 Å². The van der Waals surface area contributed by atoms with Crippen molar-refractivity contribution in [1.29, 1.82) is 0 Å². The zero-order valence-electron chi connectivity index (χ0n) is 20.2. The van der Waals surface area contributed by atoms with Gasteiger partial charge in [-0.2, -0.15) is 0 Å². The lowest BCUT2D eigenvalue weighted by Crippen LogP contribution is -1.94. The number of aryl methyl sites for hydroxylation is 2. The van der Waals surface area contributed by atoms with Crippen LogP contribution in [0.3, 0.4) is 0 Å². The molecule has 3 heteroatoms. The zero-order valence-corrected chi connectivity index (χ0v) is 20.2. The first kappa shape index (κ1) is 24.1. The molecule has 0 atom stereocenters. The highest BCUT2D eigenvalue weighted by molar-refractivity contribution is 5.65. The first-order valence-electron chi connectivity index (χ1n) is 12.5. The summed E-state index contributed by atoms with van der Waals surface area (Å²) in [6.45, 7) is 6.84. The summed E-state index contributed by atoms with van der Waals surface area (Å²) < 4.78 is 0. The van der Waals surface area contributed by atoms with Gasteiger partial charge in [0.25, 0.3) is 0 Å². The quantitative estimate of drug-likeness (QED) is 0.258. The molecule has 0 unspecified atom stereocenters. The lowest BCUT2D eigenvalue weighted by molar-refractivity contribution is 0.527. The number of pyridine rings is 1. The Balaban J connectivity index is 1.51. The van der Waals surface area contributed by atoms with Crippen molar-refractivity contribution < 1.29 is 0 Å². The molecule has 3 aromatic rings. The second-order valence-electron chi connectivity index (χ2n) is 9.35. The van der Waals surface area contributed by atoms with Crippen LogP contribution in [0.1, 0.15) is 83.3 Å². The monoisotopic (exact) mass is 429 g/mol. The minimum atomic E-state index is 0.787. The molecule has 1 aromatic carbocycles. The third-order valence-electron chi connectivity index (χ3n) is 6.03. The molecule has 0 aliphatic heterocycles. The minimum absolute atomic E-state index is 0.787. The van der Waals surface area contributed by atoms with Crippen LogP contribution < -0.4 is 0 Å². The van der Waals surface area contributed by atoms with Crippen LogP contribution >= 0.6 is 0 Å². The number of hydrogen-bond acceptors (Lipinski definition) is 3. The number of nitrogens with zero attached hydrogens (tertiary/aromatic N) is 3. The van der Waals surface area contributed by atoms with Crippen LogP contribution in [0.5, 0.6) is 0 Å². The Kier molecular flexibility index (Phi) is 9.87. The molecule has 32 heavy (non-hydrogen) atoms. The fraction of sp³-hybridized carbons (Fsp3) is 0.483. The number of rotatable bonds is 13. The summed E-state index contributed by atoms with van der Waals surface area (Å²) in [4.78, 5) is 13.9. The van der Waals surface area contributed by atoms with E-state index < -0.39 is 0 Å². The maximum Gasteiger partial charge on any atom is 0.159 e. The number of hydrogen-bond donors (Lipinski definition) is 0. The summed E-state index contributed by atoms with van der Waals surface area (Å²) >= 11 is 0. The molecule has 0 bridgehead atoms. The zero-order chi connectivity index (χ0) is 22.6. The van der Waals surface area contributed by atoms with Crippen molar-refractivity contribution in [3.05, 3.63) is 66.1 Å². The Labute approximate surface area is 194 Å². The van der Waals surface area contributed by atoms with E-state index in [9.17, 15) is 0 Å². The molecule has 0 spiro atoms. The summed E-state index contributed by atoms with van der Waals surface area (Å²) in [5.74, 6) is 1.60. The van der Waals surface area contributed by atoms with Gasteiger partial charge in [-0.1, -0.05) is 89.6 Å². The molecule has 0 amide bonds. The predicted molar refractivity (Wildman–Crippen MR) is 136 cm³/mol. The first-order chi connectivity index (χ1) is 15.7. The topological polar surface area (TPSA) is 38.7 Å². The lowest BCUT2D eigenvalue weighted by Gasteiger charge is -2.07. The summed E-state index contributed by atoms with van der Waals surface area (Å²) in [5, 5.41) is 0. The van der Waals surface area contributed by atoms with E-state index in [1.54, 1.807) is 0 Å². The van der Waals surface area contributed by atoms with Crippen molar-refractivity contribution in [1.82, 2.24) is 15.0 Å². The maximum absolute atomic E-state index is 4.70. The van der Waals surface area contributed by atoms with E-state index in [2.05, 4.69) is 67.1 Å². The molecular weight excluding hydrogens is 390 g/mol. The highest BCUT2D eigenvalue weighted by Crippen LogP contribution is 2.22. The van der Waals surface area contributed by atoms with Crippen molar-refractivity contribution >= 4 is 0 Å². The van der Waals surface area contributed by atoms with Crippen molar-refractivity contribution in [3.63, 3.8) is 0 Å². The van der Waals surface area contributed by atoms with Crippen LogP contribution in [-0.2, 0) is 12.8 Å².